The summed E-state index contributed by atoms with van der Waals surface area (Å²) >= 11 is 2.65. The van der Waals surface area contributed by atoms with Gasteiger partial charge in [-0.1, -0.05) is 91.6 Å². The fourth-order valence-corrected chi connectivity index (χ4v) is 9.75. The van der Waals surface area contributed by atoms with Crippen LogP contribution in [0.1, 0.15) is 140 Å². The molecule has 1 fully saturated rings. The average Bonchev–Trinajstić information content (AvgIpc) is 3.81. The van der Waals surface area contributed by atoms with Crippen LogP contribution in [0.5, 0.6) is 0 Å². The molecule has 1 saturated heterocycles. The van der Waals surface area contributed by atoms with Crippen LogP contribution in [0.25, 0.3) is 0 Å². The molecule has 334 valence electrons. The summed E-state index contributed by atoms with van der Waals surface area (Å²) < 4.78 is 5.86. The summed E-state index contributed by atoms with van der Waals surface area (Å²) in [5.41, 5.74) is 1.42. The number of hydrogen-bond acceptors (Lipinski definition) is 10. The van der Waals surface area contributed by atoms with Crippen molar-refractivity contribution in [1.82, 2.24) is 25.0 Å². The third kappa shape index (κ3) is 14.4. The fourth-order valence-electron chi connectivity index (χ4n) is 8.27. The van der Waals surface area contributed by atoms with Crippen LogP contribution in [0.4, 0.5) is 0 Å². The van der Waals surface area contributed by atoms with Crippen LogP contribution in [0.15, 0.2) is 35.7 Å². The van der Waals surface area contributed by atoms with E-state index in [1.807, 2.05) is 45.4 Å². The van der Waals surface area contributed by atoms with E-state index < -0.39 is 12.1 Å². The Balaban J connectivity index is 1.72. The molecule has 1 aliphatic rings. The van der Waals surface area contributed by atoms with Gasteiger partial charge in [-0.05, 0) is 61.7 Å². The van der Waals surface area contributed by atoms with Gasteiger partial charge < -0.3 is 19.9 Å². The first-order valence-corrected chi connectivity index (χ1v) is 24.0. The van der Waals surface area contributed by atoms with E-state index in [2.05, 4.69) is 57.1 Å². The van der Waals surface area contributed by atoms with E-state index in [1.165, 1.54) is 34.9 Å². The van der Waals surface area contributed by atoms with Crippen molar-refractivity contribution < 1.29 is 33.5 Å². The highest BCUT2D eigenvalue weighted by molar-refractivity contribution is 8.00. The predicted molar refractivity (Wildman–Crippen MR) is 240 cm³/mol. The number of benzene rings is 1. The molecule has 7 atom stereocenters. The second kappa shape index (κ2) is 24.6. The second-order valence-electron chi connectivity index (χ2n) is 17.1. The first-order valence-electron chi connectivity index (χ1n) is 21.8. The molecule has 0 bridgehead atoms. The van der Waals surface area contributed by atoms with Gasteiger partial charge in [0.05, 0.1) is 5.25 Å². The number of thiazole rings is 1. The van der Waals surface area contributed by atoms with E-state index in [0.717, 1.165) is 24.8 Å². The second-order valence-corrected chi connectivity index (χ2v) is 19.0. The molecule has 1 aromatic carbocycles. The first kappa shape index (κ1) is 50.6. The zero-order valence-electron chi connectivity index (χ0n) is 37.9. The SMILES string of the molecule is CCC[C@H](Cc1ccccc1)NC(=O)c1csc([C@@H](C[C@H](C(C)C)N(C)C(=O)[C@@H](CC[C@H](C(C)C)N(C)C(=O)CCCN2C(=O)CC(SC)C2=O)[C@@H](C)CC)OC(C)=O)n1. The summed E-state index contributed by atoms with van der Waals surface area (Å²) in [5, 5.41) is 5.03. The van der Waals surface area contributed by atoms with Crippen molar-refractivity contribution >= 4 is 58.6 Å². The summed E-state index contributed by atoms with van der Waals surface area (Å²) in [6.45, 7) is 16.1. The van der Waals surface area contributed by atoms with Crippen LogP contribution in [0.2, 0.25) is 0 Å². The molecular formula is C46H71N5O7S2. The normalized spacial score (nSPS) is 17.3. The zero-order valence-corrected chi connectivity index (χ0v) is 39.5. The number of ether oxygens (including phenoxy) is 1. The molecule has 0 spiro atoms. The Morgan fingerprint density at radius 2 is 1.63 bits per heavy atom. The van der Waals surface area contributed by atoms with E-state index in [-0.39, 0.29) is 102 Å². The van der Waals surface area contributed by atoms with Crippen molar-refractivity contribution in [2.45, 2.75) is 149 Å². The highest BCUT2D eigenvalue weighted by Gasteiger charge is 2.38. The maximum Gasteiger partial charge on any atom is 0.303 e. The lowest BCUT2D eigenvalue weighted by molar-refractivity contribution is -0.149. The molecular weight excluding hydrogens is 799 g/mol. The number of likely N-dealkylation sites (tertiary alicyclic amines) is 1. The third-order valence-electron chi connectivity index (χ3n) is 12.0. The summed E-state index contributed by atoms with van der Waals surface area (Å²) in [6.07, 6.45) is 6.66. The summed E-state index contributed by atoms with van der Waals surface area (Å²) in [7, 11) is 3.63. The molecule has 0 aliphatic carbocycles. The van der Waals surface area contributed by atoms with Crippen LogP contribution >= 0.6 is 23.1 Å². The number of carbonyl (C=O) groups is 6. The van der Waals surface area contributed by atoms with Gasteiger partial charge in [-0.25, -0.2) is 4.98 Å². The van der Waals surface area contributed by atoms with Crippen LogP contribution in [-0.2, 0) is 35.1 Å². The van der Waals surface area contributed by atoms with Crippen molar-refractivity contribution in [2.75, 3.05) is 26.9 Å². The Labute approximate surface area is 367 Å². The van der Waals surface area contributed by atoms with Gasteiger partial charge in [0.1, 0.15) is 10.7 Å². The zero-order chi connectivity index (χ0) is 44.7. The van der Waals surface area contributed by atoms with Crippen molar-refractivity contribution in [3.63, 3.8) is 0 Å². The van der Waals surface area contributed by atoms with E-state index >= 15 is 0 Å². The summed E-state index contributed by atoms with van der Waals surface area (Å²) in [4.78, 5) is 88.5. The monoisotopic (exact) mass is 869 g/mol. The van der Waals surface area contributed by atoms with Crippen molar-refractivity contribution in [3.05, 3.63) is 52.0 Å². The Kier molecular flexibility index (Phi) is 20.7. The Bertz CT molecular complexity index is 1720. The van der Waals surface area contributed by atoms with Crippen LogP contribution in [0.3, 0.4) is 0 Å². The van der Waals surface area contributed by atoms with Gasteiger partial charge in [-0.15, -0.1) is 11.3 Å². The number of rotatable bonds is 25. The minimum atomic E-state index is -0.756. The molecule has 5 amide bonds. The molecule has 14 heteroatoms. The standard InChI is InChI=1S/C46H71N5O7S2/c1-12-18-34(25-33-19-15-14-16-20-33)47-43(55)36-28-60-44(48-36)39(58-32(8)52)26-38(30(5)6)50(10)45(56)35(31(7)13-2)22-23-37(29(3)4)49(9)41(53)21-17-24-51-42(54)27-40(59-11)46(51)57/h14-16,19-20,28-31,34-35,37-40H,12-13,17-18,21-27H2,1-11H3,(H,47,55)/t31-,34+,35-,37+,38+,39+,40?/m0/s1. The number of nitrogens with one attached hydrogen (secondary N) is 1. The summed E-state index contributed by atoms with van der Waals surface area (Å²) in [5.74, 6) is -1.24. The molecule has 1 unspecified atom stereocenters. The molecule has 1 N–H and O–H groups in total. The molecule has 2 aromatic rings. The average molecular weight is 870 g/mol. The number of imide groups is 1. The molecule has 2 heterocycles. The molecule has 12 nitrogen and oxygen atoms in total. The number of aromatic nitrogens is 1. The Morgan fingerprint density at radius 3 is 2.20 bits per heavy atom. The third-order valence-corrected chi connectivity index (χ3v) is 13.9. The minimum absolute atomic E-state index is 0.00388. The number of amides is 5. The smallest absolute Gasteiger partial charge is 0.303 e. The van der Waals surface area contributed by atoms with Gasteiger partial charge in [0.25, 0.3) is 5.91 Å². The highest BCUT2D eigenvalue weighted by atomic mass is 32.2. The topological polar surface area (TPSA) is 146 Å². The number of nitrogens with zero attached hydrogens (tertiary/aromatic N) is 4. The van der Waals surface area contributed by atoms with Gasteiger partial charge in [0, 0.05) is 76.2 Å². The lowest BCUT2D eigenvalue weighted by Crippen LogP contribution is -2.46. The molecule has 3 rings (SSSR count). The first-order chi connectivity index (χ1) is 28.4. The molecule has 0 radical (unpaired) electrons. The maximum atomic E-state index is 14.6. The van der Waals surface area contributed by atoms with Gasteiger partial charge in [-0.2, -0.15) is 11.8 Å². The van der Waals surface area contributed by atoms with E-state index in [1.54, 1.807) is 22.2 Å². The fraction of sp³-hybridized carbons (Fsp3) is 0.674. The van der Waals surface area contributed by atoms with Crippen molar-refractivity contribution in [1.29, 1.82) is 0 Å². The molecule has 1 aromatic heterocycles. The maximum absolute atomic E-state index is 14.6. The van der Waals surface area contributed by atoms with Crippen LogP contribution in [0, 0.1) is 23.7 Å². The predicted octanol–water partition coefficient (Wildman–Crippen LogP) is 7.96. The Morgan fingerprint density at radius 1 is 0.967 bits per heavy atom. The van der Waals surface area contributed by atoms with Crippen molar-refractivity contribution in [3.8, 4) is 0 Å². The van der Waals surface area contributed by atoms with Crippen LogP contribution < -0.4 is 5.32 Å². The van der Waals surface area contributed by atoms with Gasteiger partial charge in [-0.3, -0.25) is 33.7 Å². The largest absolute Gasteiger partial charge is 0.455 e. The number of hydrogen-bond donors (Lipinski definition) is 1. The van der Waals surface area contributed by atoms with Crippen LogP contribution in [-0.4, -0.2) is 105 Å². The number of esters is 1. The Hall–Kier alpha value is -3.78. The molecule has 60 heavy (non-hydrogen) atoms. The lowest BCUT2D eigenvalue weighted by Gasteiger charge is -2.38. The summed E-state index contributed by atoms with van der Waals surface area (Å²) in [6, 6.07) is 9.59. The number of carbonyl (C=O) groups excluding carboxylic acids is 6. The quantitative estimate of drug-likeness (QED) is 0.0776. The van der Waals surface area contributed by atoms with Gasteiger partial charge >= 0.3 is 5.97 Å². The van der Waals surface area contributed by atoms with Gasteiger partial charge in [0.15, 0.2) is 6.10 Å². The van der Waals surface area contributed by atoms with E-state index in [4.69, 9.17) is 4.74 Å². The highest BCUT2D eigenvalue weighted by Crippen LogP contribution is 2.33. The van der Waals surface area contributed by atoms with Crippen molar-refractivity contribution in [2.24, 2.45) is 23.7 Å². The van der Waals surface area contributed by atoms with E-state index in [9.17, 15) is 28.8 Å². The number of thioether (sulfide) groups is 1. The molecule has 1 aliphatic heterocycles. The minimum Gasteiger partial charge on any atom is -0.455 e. The molecule has 0 saturated carbocycles. The lowest BCUT2D eigenvalue weighted by atomic mass is 9.83. The van der Waals surface area contributed by atoms with E-state index in [0.29, 0.717) is 37.1 Å². The van der Waals surface area contributed by atoms with Gasteiger partial charge in [0.2, 0.25) is 23.6 Å².